The molecule has 0 spiro atoms. The second-order valence-corrected chi connectivity index (χ2v) is 12.8. The van der Waals surface area contributed by atoms with Crippen LogP contribution >= 0.6 is 11.8 Å². The van der Waals surface area contributed by atoms with Crippen LogP contribution < -0.4 is 16.0 Å². The molecule has 3 N–H and O–H groups in total. The predicted octanol–water partition coefficient (Wildman–Crippen LogP) is 9.54. The minimum Gasteiger partial charge on any atom is -0.325 e. The highest BCUT2D eigenvalue weighted by Crippen LogP contribution is 2.37. The summed E-state index contributed by atoms with van der Waals surface area (Å²) in [4.78, 5) is 41.4. The molecule has 6 nitrogen and oxygen atoms in total. The summed E-state index contributed by atoms with van der Waals surface area (Å²) in [7, 11) is 0. The Hall–Kier alpha value is -6.18. The Morgan fingerprint density at radius 3 is 1.88 bits per heavy atom. The van der Waals surface area contributed by atoms with Crippen LogP contribution in [0.1, 0.15) is 32.3 Å². The number of hydrogen-bond donors (Lipinski definition) is 3. The molecule has 1 atom stereocenters. The maximum Gasteiger partial charge on any atom is 0.272 e. The van der Waals surface area contributed by atoms with E-state index in [0.717, 1.165) is 38.4 Å². The molecule has 0 radical (unpaired) electrons. The summed E-state index contributed by atoms with van der Waals surface area (Å²) in [5, 5.41) is 8.26. The van der Waals surface area contributed by atoms with Crippen LogP contribution in [-0.2, 0) is 9.59 Å². The third-order valence-electron chi connectivity index (χ3n) is 7.83. The van der Waals surface area contributed by atoms with E-state index >= 15 is 0 Å². The third kappa shape index (κ3) is 9.04. The second-order valence-electron chi connectivity index (χ2n) is 11.6. The van der Waals surface area contributed by atoms with Crippen molar-refractivity contribution in [1.29, 1.82) is 0 Å². The molecule has 1 unspecified atom stereocenters. The largest absolute Gasteiger partial charge is 0.325 e. The Balaban J connectivity index is 1.23. The van der Waals surface area contributed by atoms with Gasteiger partial charge in [0.05, 0.1) is 0 Å². The molecule has 6 aromatic rings. The molecular formula is C43H35N3O3S. The number of aryl methyl sites for hydroxylation is 1. The quantitative estimate of drug-likeness (QED) is 0.0945. The topological polar surface area (TPSA) is 87.3 Å². The number of carbonyl (C=O) groups excluding carboxylic acids is 3. The van der Waals surface area contributed by atoms with Gasteiger partial charge >= 0.3 is 0 Å². The van der Waals surface area contributed by atoms with Crippen LogP contribution in [0.15, 0.2) is 174 Å². The van der Waals surface area contributed by atoms with Crippen LogP contribution in [0.4, 0.5) is 11.4 Å². The SMILES string of the molecule is Cc1cccc(NC(=O)C(Sc2cccc(NC(=O)/C(=C\c3ccc(-c4ccccc4)cc3)NC(=O)c3ccccc3)c2)c2ccccc2)c1. The van der Waals surface area contributed by atoms with Gasteiger partial charge in [-0.25, -0.2) is 0 Å². The number of thioether (sulfide) groups is 1. The Bertz CT molecular complexity index is 2120. The number of rotatable bonds is 11. The molecule has 0 aliphatic carbocycles. The smallest absolute Gasteiger partial charge is 0.272 e. The van der Waals surface area contributed by atoms with E-state index in [0.29, 0.717) is 11.3 Å². The van der Waals surface area contributed by atoms with Gasteiger partial charge in [-0.15, -0.1) is 11.8 Å². The molecule has 0 bridgehead atoms. The van der Waals surface area contributed by atoms with Crippen LogP contribution in [0, 0.1) is 6.92 Å². The van der Waals surface area contributed by atoms with E-state index in [9.17, 15) is 14.4 Å². The fourth-order valence-corrected chi connectivity index (χ4v) is 6.41. The maximum atomic E-state index is 13.8. The molecule has 0 fully saturated rings. The number of carbonyl (C=O) groups is 3. The highest BCUT2D eigenvalue weighted by atomic mass is 32.2. The van der Waals surface area contributed by atoms with Crippen LogP contribution in [0.25, 0.3) is 17.2 Å². The first-order valence-electron chi connectivity index (χ1n) is 16.2. The van der Waals surface area contributed by atoms with Crippen molar-refractivity contribution in [2.24, 2.45) is 0 Å². The highest BCUT2D eigenvalue weighted by Gasteiger charge is 2.23. The average molecular weight is 674 g/mol. The lowest BCUT2D eigenvalue weighted by molar-refractivity contribution is -0.116. The molecule has 7 heteroatoms. The molecule has 6 aromatic carbocycles. The van der Waals surface area contributed by atoms with Crippen LogP contribution in [0.5, 0.6) is 0 Å². The van der Waals surface area contributed by atoms with Crippen molar-refractivity contribution in [2.75, 3.05) is 10.6 Å². The van der Waals surface area contributed by atoms with Gasteiger partial charge in [0.25, 0.3) is 11.8 Å². The normalized spacial score (nSPS) is 11.7. The molecule has 0 saturated heterocycles. The molecule has 6 rings (SSSR count). The number of hydrogen-bond acceptors (Lipinski definition) is 4. The summed E-state index contributed by atoms with van der Waals surface area (Å²) in [6.45, 7) is 1.98. The summed E-state index contributed by atoms with van der Waals surface area (Å²) in [6.07, 6.45) is 1.66. The van der Waals surface area contributed by atoms with Crippen LogP contribution in [0.3, 0.4) is 0 Å². The lowest BCUT2D eigenvalue weighted by Crippen LogP contribution is -2.30. The average Bonchev–Trinajstić information content (AvgIpc) is 3.15. The highest BCUT2D eigenvalue weighted by molar-refractivity contribution is 8.00. The zero-order valence-corrected chi connectivity index (χ0v) is 28.2. The summed E-state index contributed by atoms with van der Waals surface area (Å²) in [5.74, 6) is -1.05. The van der Waals surface area contributed by atoms with Gasteiger partial charge in [-0.2, -0.15) is 0 Å². The Morgan fingerprint density at radius 2 is 1.20 bits per heavy atom. The number of amides is 3. The summed E-state index contributed by atoms with van der Waals surface area (Å²) < 4.78 is 0. The number of benzene rings is 6. The van der Waals surface area contributed by atoms with Gasteiger partial charge in [-0.3, -0.25) is 14.4 Å². The molecule has 3 amide bonds. The molecule has 246 valence electrons. The summed E-state index contributed by atoms with van der Waals surface area (Å²) >= 11 is 1.39. The number of nitrogens with one attached hydrogen (secondary N) is 3. The van der Waals surface area contributed by atoms with Gasteiger partial charge < -0.3 is 16.0 Å². The van der Waals surface area contributed by atoms with Crippen molar-refractivity contribution < 1.29 is 14.4 Å². The Kier molecular flexibility index (Phi) is 11.0. The fraction of sp³-hybridized carbons (Fsp3) is 0.0465. The van der Waals surface area contributed by atoms with Gasteiger partial charge in [0.15, 0.2) is 0 Å². The molecule has 0 saturated carbocycles. The van der Waals surface area contributed by atoms with Crippen molar-refractivity contribution in [2.45, 2.75) is 17.1 Å². The predicted molar refractivity (Wildman–Crippen MR) is 204 cm³/mol. The minimum absolute atomic E-state index is 0.0871. The molecule has 0 heterocycles. The lowest BCUT2D eigenvalue weighted by atomic mass is 10.0. The number of anilines is 2. The van der Waals surface area contributed by atoms with Crippen molar-refractivity contribution >= 4 is 46.9 Å². The molecule has 0 aromatic heterocycles. The van der Waals surface area contributed by atoms with E-state index in [1.807, 2.05) is 140 Å². The second kappa shape index (κ2) is 16.3. The Labute approximate surface area is 296 Å². The lowest BCUT2D eigenvalue weighted by Gasteiger charge is -2.18. The first kappa shape index (κ1) is 33.7. The van der Waals surface area contributed by atoms with Gasteiger partial charge in [0.2, 0.25) is 5.91 Å². The van der Waals surface area contributed by atoms with E-state index in [1.165, 1.54) is 11.8 Å². The van der Waals surface area contributed by atoms with E-state index in [2.05, 4.69) is 16.0 Å². The van der Waals surface area contributed by atoms with Gasteiger partial charge in [-0.05, 0) is 83.3 Å². The van der Waals surface area contributed by atoms with Crippen molar-refractivity contribution in [1.82, 2.24) is 5.32 Å². The zero-order valence-electron chi connectivity index (χ0n) is 27.4. The first-order chi connectivity index (χ1) is 24.4. The molecule has 50 heavy (non-hydrogen) atoms. The van der Waals surface area contributed by atoms with Crippen molar-refractivity contribution in [3.63, 3.8) is 0 Å². The standard InChI is InChI=1S/C43H35N3O3S/c1-30-13-11-20-36(27-30)45-43(49)40(34-16-7-3-8-17-34)50-38-22-12-21-37(29-38)44-42(48)39(46-41(47)35-18-9-4-10-19-35)28-31-23-25-33(26-24-31)32-14-5-2-6-15-32/h2-29,40H,1H3,(H,44,48)(H,45,49)(H,46,47)/b39-28+. The van der Waals surface area contributed by atoms with E-state index < -0.39 is 17.1 Å². The molecule has 0 aliphatic rings. The van der Waals surface area contributed by atoms with E-state index in [4.69, 9.17) is 0 Å². The Morgan fingerprint density at radius 1 is 0.600 bits per heavy atom. The van der Waals surface area contributed by atoms with Crippen LogP contribution in [0.2, 0.25) is 0 Å². The summed E-state index contributed by atoms with van der Waals surface area (Å²) in [6, 6.07) is 51.2. The molecule has 0 aliphatic heterocycles. The zero-order chi connectivity index (χ0) is 34.7. The monoisotopic (exact) mass is 673 g/mol. The molecular weight excluding hydrogens is 639 g/mol. The van der Waals surface area contributed by atoms with Gasteiger partial charge in [-0.1, -0.05) is 121 Å². The van der Waals surface area contributed by atoms with Crippen molar-refractivity contribution in [3.05, 3.63) is 192 Å². The third-order valence-corrected chi connectivity index (χ3v) is 9.08. The van der Waals surface area contributed by atoms with Gasteiger partial charge in [0.1, 0.15) is 10.9 Å². The van der Waals surface area contributed by atoms with E-state index in [-0.39, 0.29) is 11.6 Å². The summed E-state index contributed by atoms with van der Waals surface area (Å²) in [5.41, 5.74) is 6.53. The first-order valence-corrected chi connectivity index (χ1v) is 17.0. The van der Waals surface area contributed by atoms with Crippen LogP contribution in [-0.4, -0.2) is 17.7 Å². The maximum absolute atomic E-state index is 13.8. The fourth-order valence-electron chi connectivity index (χ4n) is 5.32. The van der Waals surface area contributed by atoms with Gasteiger partial charge in [0, 0.05) is 21.8 Å². The minimum atomic E-state index is -0.554. The van der Waals surface area contributed by atoms with Crippen molar-refractivity contribution in [3.8, 4) is 11.1 Å². The van der Waals surface area contributed by atoms with E-state index in [1.54, 1.807) is 36.4 Å².